The van der Waals surface area contributed by atoms with Gasteiger partial charge in [-0.05, 0) is 62.1 Å². The lowest BCUT2D eigenvalue weighted by Gasteiger charge is -2.17. The van der Waals surface area contributed by atoms with Crippen LogP contribution in [-0.4, -0.2) is 17.9 Å². The average molecular weight is 358 g/mol. The minimum Gasteiger partial charge on any atom is -0.481 e. The SMILES string of the molecule is Cc1cccc(OC(C)C(=O)NNC(=O)CCc2cccc(F)c2)c1C. The number of rotatable bonds is 6. The summed E-state index contributed by atoms with van der Waals surface area (Å²) < 4.78 is 18.8. The topological polar surface area (TPSA) is 67.4 Å². The van der Waals surface area contributed by atoms with E-state index in [1.807, 2.05) is 26.0 Å². The molecule has 2 rings (SSSR count). The number of halogens is 1. The fourth-order valence-corrected chi connectivity index (χ4v) is 2.34. The van der Waals surface area contributed by atoms with Gasteiger partial charge in [-0.2, -0.15) is 0 Å². The van der Waals surface area contributed by atoms with Crippen LogP contribution in [-0.2, 0) is 16.0 Å². The number of amides is 2. The normalized spacial score (nSPS) is 11.5. The maximum absolute atomic E-state index is 13.1. The Bertz CT molecular complexity index is 792. The third-order valence-corrected chi connectivity index (χ3v) is 4.08. The van der Waals surface area contributed by atoms with E-state index in [1.54, 1.807) is 25.1 Å². The fourth-order valence-electron chi connectivity index (χ4n) is 2.34. The van der Waals surface area contributed by atoms with Crippen molar-refractivity contribution in [3.8, 4) is 5.75 Å². The number of nitrogens with one attached hydrogen (secondary N) is 2. The summed E-state index contributed by atoms with van der Waals surface area (Å²) in [5.74, 6) is -0.523. The van der Waals surface area contributed by atoms with Crippen molar-refractivity contribution in [2.75, 3.05) is 0 Å². The molecule has 0 heterocycles. The van der Waals surface area contributed by atoms with Crippen LogP contribution in [0.1, 0.15) is 30.0 Å². The molecule has 2 aromatic carbocycles. The number of hydrogen-bond donors (Lipinski definition) is 2. The number of hydrogen-bond acceptors (Lipinski definition) is 3. The van der Waals surface area contributed by atoms with Gasteiger partial charge in [-0.1, -0.05) is 24.3 Å². The van der Waals surface area contributed by atoms with E-state index in [4.69, 9.17) is 4.74 Å². The van der Waals surface area contributed by atoms with Crippen LogP contribution in [0.3, 0.4) is 0 Å². The molecule has 0 aliphatic rings. The summed E-state index contributed by atoms with van der Waals surface area (Å²) in [6, 6.07) is 11.7. The molecule has 0 saturated heterocycles. The number of aryl methyl sites for hydroxylation is 2. The second-order valence-corrected chi connectivity index (χ2v) is 6.13. The van der Waals surface area contributed by atoms with Crippen LogP contribution in [0.25, 0.3) is 0 Å². The van der Waals surface area contributed by atoms with Gasteiger partial charge in [-0.25, -0.2) is 4.39 Å². The third-order valence-electron chi connectivity index (χ3n) is 4.08. The zero-order valence-electron chi connectivity index (χ0n) is 15.1. The zero-order chi connectivity index (χ0) is 19.1. The predicted octanol–water partition coefficient (Wildman–Crippen LogP) is 2.99. The molecule has 2 aromatic rings. The van der Waals surface area contributed by atoms with E-state index in [-0.39, 0.29) is 18.1 Å². The van der Waals surface area contributed by atoms with Crippen molar-refractivity contribution in [2.24, 2.45) is 0 Å². The van der Waals surface area contributed by atoms with Crippen LogP contribution in [0.15, 0.2) is 42.5 Å². The van der Waals surface area contributed by atoms with Crippen LogP contribution in [0.2, 0.25) is 0 Å². The first-order chi connectivity index (χ1) is 12.4. The first-order valence-electron chi connectivity index (χ1n) is 8.43. The quantitative estimate of drug-likeness (QED) is 0.780. The molecule has 0 saturated carbocycles. The molecule has 1 atom stereocenters. The molecule has 6 heteroatoms. The lowest BCUT2D eigenvalue weighted by Crippen LogP contribution is -2.47. The molecule has 26 heavy (non-hydrogen) atoms. The zero-order valence-corrected chi connectivity index (χ0v) is 15.1. The Balaban J connectivity index is 1.78. The molecule has 0 aliphatic carbocycles. The number of hydrazine groups is 1. The number of benzene rings is 2. The Kier molecular flexibility index (Phi) is 6.72. The average Bonchev–Trinajstić information content (AvgIpc) is 2.61. The fraction of sp³-hybridized carbons (Fsp3) is 0.300. The highest BCUT2D eigenvalue weighted by atomic mass is 19.1. The Hall–Kier alpha value is -2.89. The van der Waals surface area contributed by atoms with Gasteiger partial charge in [-0.15, -0.1) is 0 Å². The van der Waals surface area contributed by atoms with Crippen LogP contribution in [0.4, 0.5) is 4.39 Å². The molecule has 0 spiro atoms. The predicted molar refractivity (Wildman–Crippen MR) is 97.0 cm³/mol. The molecule has 0 aromatic heterocycles. The first kappa shape index (κ1) is 19.4. The van der Waals surface area contributed by atoms with E-state index in [0.717, 1.165) is 16.7 Å². The van der Waals surface area contributed by atoms with Crippen LogP contribution < -0.4 is 15.6 Å². The third kappa shape index (κ3) is 5.58. The highest BCUT2D eigenvalue weighted by Gasteiger charge is 2.16. The van der Waals surface area contributed by atoms with Gasteiger partial charge in [-0.3, -0.25) is 20.4 Å². The summed E-state index contributed by atoms with van der Waals surface area (Å²) in [6.45, 7) is 5.49. The lowest BCUT2D eigenvalue weighted by atomic mass is 10.1. The van der Waals surface area contributed by atoms with Gasteiger partial charge >= 0.3 is 0 Å². The maximum atomic E-state index is 13.1. The van der Waals surface area contributed by atoms with Crippen molar-refractivity contribution >= 4 is 11.8 Å². The van der Waals surface area contributed by atoms with E-state index in [2.05, 4.69) is 10.9 Å². The van der Waals surface area contributed by atoms with Crippen molar-refractivity contribution in [3.05, 3.63) is 65.0 Å². The Labute approximate surface area is 152 Å². The van der Waals surface area contributed by atoms with E-state index < -0.39 is 12.0 Å². The van der Waals surface area contributed by atoms with Crippen LogP contribution in [0, 0.1) is 19.7 Å². The van der Waals surface area contributed by atoms with Crippen molar-refractivity contribution < 1.29 is 18.7 Å². The summed E-state index contributed by atoms with van der Waals surface area (Å²) in [5, 5.41) is 0. The van der Waals surface area contributed by atoms with E-state index in [1.165, 1.54) is 12.1 Å². The van der Waals surface area contributed by atoms with Gasteiger partial charge < -0.3 is 4.74 Å². The molecule has 0 aliphatic heterocycles. The van der Waals surface area contributed by atoms with Crippen molar-refractivity contribution in [3.63, 3.8) is 0 Å². The highest BCUT2D eigenvalue weighted by molar-refractivity contribution is 5.84. The number of ether oxygens (including phenoxy) is 1. The summed E-state index contributed by atoms with van der Waals surface area (Å²) in [6.07, 6.45) is -0.247. The Morgan fingerprint density at radius 3 is 2.58 bits per heavy atom. The van der Waals surface area contributed by atoms with Gasteiger partial charge in [0.05, 0.1) is 0 Å². The summed E-state index contributed by atoms with van der Waals surface area (Å²) in [5.41, 5.74) is 7.45. The minimum atomic E-state index is -0.765. The van der Waals surface area contributed by atoms with Crippen molar-refractivity contribution in [1.29, 1.82) is 0 Å². The summed E-state index contributed by atoms with van der Waals surface area (Å²) in [7, 11) is 0. The number of carbonyl (C=O) groups is 2. The van der Waals surface area contributed by atoms with Gasteiger partial charge in [0, 0.05) is 6.42 Å². The van der Waals surface area contributed by atoms with Gasteiger partial charge in [0.25, 0.3) is 5.91 Å². The highest BCUT2D eigenvalue weighted by Crippen LogP contribution is 2.21. The van der Waals surface area contributed by atoms with Crippen LogP contribution in [0.5, 0.6) is 5.75 Å². The molecule has 0 fully saturated rings. The first-order valence-corrected chi connectivity index (χ1v) is 8.43. The molecular weight excluding hydrogens is 335 g/mol. The minimum absolute atomic E-state index is 0.135. The Morgan fingerprint density at radius 1 is 1.12 bits per heavy atom. The molecule has 2 N–H and O–H groups in total. The van der Waals surface area contributed by atoms with Crippen molar-refractivity contribution in [1.82, 2.24) is 10.9 Å². The molecule has 138 valence electrons. The molecule has 0 bridgehead atoms. The second kappa shape index (κ2) is 8.99. The summed E-state index contributed by atoms with van der Waals surface area (Å²) in [4.78, 5) is 23.9. The van der Waals surface area contributed by atoms with Gasteiger partial charge in [0.2, 0.25) is 5.91 Å². The van der Waals surface area contributed by atoms with Gasteiger partial charge in [0.1, 0.15) is 11.6 Å². The van der Waals surface area contributed by atoms with Crippen LogP contribution >= 0.6 is 0 Å². The number of carbonyl (C=O) groups excluding carboxylic acids is 2. The maximum Gasteiger partial charge on any atom is 0.279 e. The smallest absolute Gasteiger partial charge is 0.279 e. The largest absolute Gasteiger partial charge is 0.481 e. The van der Waals surface area contributed by atoms with E-state index >= 15 is 0 Å². The van der Waals surface area contributed by atoms with E-state index in [9.17, 15) is 14.0 Å². The Morgan fingerprint density at radius 2 is 1.85 bits per heavy atom. The molecular formula is C20H23FN2O3. The molecule has 1 unspecified atom stereocenters. The van der Waals surface area contributed by atoms with E-state index in [0.29, 0.717) is 12.2 Å². The molecule has 0 radical (unpaired) electrons. The molecule has 5 nitrogen and oxygen atoms in total. The second-order valence-electron chi connectivity index (χ2n) is 6.13. The van der Waals surface area contributed by atoms with Gasteiger partial charge in [0.15, 0.2) is 6.10 Å². The van der Waals surface area contributed by atoms with Crippen molar-refractivity contribution in [2.45, 2.75) is 39.7 Å². The lowest BCUT2D eigenvalue weighted by molar-refractivity contribution is -0.132. The molecule has 2 amide bonds. The monoisotopic (exact) mass is 358 g/mol. The summed E-state index contributed by atoms with van der Waals surface area (Å²) >= 11 is 0. The standard InChI is InChI=1S/C20H23FN2O3/c1-13-6-4-9-18(14(13)2)26-15(3)20(25)23-22-19(24)11-10-16-7-5-8-17(21)12-16/h4-9,12,15H,10-11H2,1-3H3,(H,22,24)(H,23,25).